The van der Waals surface area contributed by atoms with Crippen LogP contribution >= 0.6 is 0 Å². The SMILES string of the molecule is Cc1cc(Nc2nccnc2C(N)=O)cnc1N1C[C@H]2C[C@@H]1CN2C. The number of hydrogen-bond acceptors (Lipinski definition) is 7. The maximum absolute atomic E-state index is 11.5. The van der Waals surface area contributed by atoms with Crippen molar-refractivity contribution >= 4 is 23.2 Å². The van der Waals surface area contributed by atoms with Crippen LogP contribution in [-0.2, 0) is 0 Å². The number of nitrogens with one attached hydrogen (secondary N) is 1. The van der Waals surface area contributed by atoms with Gasteiger partial charge in [0, 0.05) is 37.6 Å². The molecule has 0 saturated carbocycles. The molecule has 4 rings (SSSR count). The van der Waals surface area contributed by atoms with E-state index in [0.717, 1.165) is 30.2 Å². The van der Waals surface area contributed by atoms with Gasteiger partial charge in [-0.15, -0.1) is 0 Å². The number of carbonyl (C=O) groups excluding carboxylic acids is 1. The second-order valence-corrected chi connectivity index (χ2v) is 6.74. The summed E-state index contributed by atoms with van der Waals surface area (Å²) in [5.74, 6) is 0.750. The zero-order valence-electron chi connectivity index (χ0n) is 14.3. The first-order valence-electron chi connectivity index (χ1n) is 8.34. The van der Waals surface area contributed by atoms with E-state index in [-0.39, 0.29) is 5.69 Å². The summed E-state index contributed by atoms with van der Waals surface area (Å²) in [7, 11) is 2.19. The standard InChI is InChI=1S/C17H21N7O/c1-10-5-11(22-16-14(15(18)25)19-3-4-20-16)7-21-17(10)24-9-12-6-13(24)8-23(12)2/h3-5,7,12-13H,6,8-9H2,1-2H3,(H2,18,25)(H,20,22)/t12-,13-/m1/s1. The van der Waals surface area contributed by atoms with Crippen molar-refractivity contribution in [3.63, 3.8) is 0 Å². The third-order valence-corrected chi connectivity index (χ3v) is 5.03. The van der Waals surface area contributed by atoms with Gasteiger partial charge in [0.1, 0.15) is 5.82 Å². The van der Waals surface area contributed by atoms with Gasteiger partial charge in [-0.2, -0.15) is 0 Å². The largest absolute Gasteiger partial charge is 0.364 e. The zero-order chi connectivity index (χ0) is 17.6. The average molecular weight is 339 g/mol. The van der Waals surface area contributed by atoms with Crippen LogP contribution in [0, 0.1) is 6.92 Å². The van der Waals surface area contributed by atoms with E-state index in [9.17, 15) is 4.79 Å². The van der Waals surface area contributed by atoms with Crippen LogP contribution in [0.15, 0.2) is 24.7 Å². The van der Waals surface area contributed by atoms with Crippen LogP contribution in [0.4, 0.5) is 17.3 Å². The highest BCUT2D eigenvalue weighted by molar-refractivity contribution is 5.96. The first kappa shape index (κ1) is 15.8. The summed E-state index contributed by atoms with van der Waals surface area (Å²) in [6.45, 7) is 4.17. The van der Waals surface area contributed by atoms with Gasteiger partial charge in [0.05, 0.1) is 11.9 Å². The number of hydrogen-bond donors (Lipinski definition) is 2. The quantitative estimate of drug-likeness (QED) is 0.854. The van der Waals surface area contributed by atoms with Crippen molar-refractivity contribution in [3.05, 3.63) is 35.9 Å². The van der Waals surface area contributed by atoms with E-state index in [1.54, 1.807) is 6.20 Å². The molecule has 0 aromatic carbocycles. The highest BCUT2D eigenvalue weighted by atomic mass is 16.1. The van der Waals surface area contributed by atoms with Crippen molar-refractivity contribution in [1.29, 1.82) is 0 Å². The Kier molecular flexibility index (Phi) is 3.76. The Morgan fingerprint density at radius 2 is 2.04 bits per heavy atom. The molecule has 2 fully saturated rings. The van der Waals surface area contributed by atoms with Gasteiger partial charge in [-0.05, 0) is 32.0 Å². The molecule has 8 nitrogen and oxygen atoms in total. The maximum atomic E-state index is 11.5. The van der Waals surface area contributed by atoms with Gasteiger partial charge in [0.2, 0.25) is 0 Å². The van der Waals surface area contributed by atoms with Crippen molar-refractivity contribution in [2.45, 2.75) is 25.4 Å². The Morgan fingerprint density at radius 1 is 1.24 bits per heavy atom. The Morgan fingerprint density at radius 3 is 2.68 bits per heavy atom. The summed E-state index contributed by atoms with van der Waals surface area (Å²) in [5.41, 5.74) is 7.30. The molecule has 0 unspecified atom stereocenters. The number of piperazine rings is 1. The highest BCUT2D eigenvalue weighted by Gasteiger charge is 2.42. The number of aromatic nitrogens is 3. The van der Waals surface area contributed by atoms with Crippen molar-refractivity contribution in [3.8, 4) is 0 Å². The number of aryl methyl sites for hydroxylation is 1. The van der Waals surface area contributed by atoms with Crippen LogP contribution in [-0.4, -0.2) is 58.0 Å². The molecular formula is C17H21N7O. The lowest BCUT2D eigenvalue weighted by Crippen LogP contribution is -2.45. The van der Waals surface area contributed by atoms with Crippen LogP contribution in [0.1, 0.15) is 22.5 Å². The van der Waals surface area contributed by atoms with E-state index >= 15 is 0 Å². The summed E-state index contributed by atoms with van der Waals surface area (Å²) < 4.78 is 0. The third-order valence-electron chi connectivity index (χ3n) is 5.03. The Bertz CT molecular complexity index is 822. The van der Waals surface area contributed by atoms with Gasteiger partial charge in [0.15, 0.2) is 11.5 Å². The van der Waals surface area contributed by atoms with Gasteiger partial charge in [-0.3, -0.25) is 9.69 Å². The van der Waals surface area contributed by atoms with E-state index in [1.165, 1.54) is 18.8 Å². The number of anilines is 3. The molecule has 2 aliphatic rings. The fourth-order valence-electron chi connectivity index (χ4n) is 3.81. The van der Waals surface area contributed by atoms with E-state index in [0.29, 0.717) is 17.9 Å². The average Bonchev–Trinajstić information content (AvgIpc) is 3.14. The molecule has 8 heteroatoms. The molecule has 2 atom stereocenters. The molecule has 2 saturated heterocycles. The molecule has 3 N–H and O–H groups in total. The second kappa shape index (κ2) is 5.96. The molecule has 0 radical (unpaired) electrons. The molecule has 130 valence electrons. The minimum absolute atomic E-state index is 0.115. The Balaban J connectivity index is 1.56. The number of fused-ring (bicyclic) bond motifs is 2. The van der Waals surface area contributed by atoms with E-state index in [1.807, 2.05) is 6.07 Å². The van der Waals surface area contributed by atoms with Crippen LogP contribution < -0.4 is 16.0 Å². The molecule has 2 aromatic rings. The number of primary amides is 1. The zero-order valence-corrected chi connectivity index (χ0v) is 14.3. The number of carbonyl (C=O) groups is 1. The lowest BCUT2D eigenvalue weighted by Gasteiger charge is -2.33. The minimum atomic E-state index is -0.617. The number of nitrogens with zero attached hydrogens (tertiary/aromatic N) is 5. The topological polar surface area (TPSA) is 100 Å². The number of amides is 1. The molecule has 4 heterocycles. The summed E-state index contributed by atoms with van der Waals surface area (Å²) >= 11 is 0. The van der Waals surface area contributed by atoms with Gasteiger partial charge < -0.3 is 16.0 Å². The Hall–Kier alpha value is -2.74. The summed E-state index contributed by atoms with van der Waals surface area (Å²) in [6.07, 6.45) is 5.93. The normalized spacial score (nSPS) is 22.4. The number of likely N-dealkylation sites (tertiary alicyclic amines) is 1. The molecule has 2 bridgehead atoms. The predicted molar refractivity (Wildman–Crippen MR) is 95.0 cm³/mol. The van der Waals surface area contributed by atoms with Crippen molar-refractivity contribution in [1.82, 2.24) is 19.9 Å². The van der Waals surface area contributed by atoms with Gasteiger partial charge >= 0.3 is 0 Å². The van der Waals surface area contributed by atoms with Gasteiger partial charge in [0.25, 0.3) is 5.91 Å². The van der Waals surface area contributed by atoms with E-state index in [2.05, 4.69) is 44.0 Å². The van der Waals surface area contributed by atoms with E-state index in [4.69, 9.17) is 5.73 Å². The van der Waals surface area contributed by atoms with Gasteiger partial charge in [-0.1, -0.05) is 0 Å². The molecular weight excluding hydrogens is 318 g/mol. The molecule has 2 aliphatic heterocycles. The molecule has 0 aliphatic carbocycles. The highest BCUT2D eigenvalue weighted by Crippen LogP contribution is 2.34. The molecule has 0 spiro atoms. The molecule has 2 aromatic heterocycles. The monoisotopic (exact) mass is 339 g/mol. The smallest absolute Gasteiger partial charge is 0.271 e. The third kappa shape index (κ3) is 2.78. The summed E-state index contributed by atoms with van der Waals surface area (Å²) in [5, 5.41) is 3.09. The summed E-state index contributed by atoms with van der Waals surface area (Å²) in [6, 6.07) is 3.18. The first-order valence-corrected chi connectivity index (χ1v) is 8.34. The van der Waals surface area contributed by atoms with Crippen LogP contribution in [0.25, 0.3) is 0 Å². The van der Waals surface area contributed by atoms with Crippen molar-refractivity contribution in [2.24, 2.45) is 5.73 Å². The lowest BCUT2D eigenvalue weighted by atomic mass is 10.2. The lowest BCUT2D eigenvalue weighted by molar-refractivity contribution is 0.0996. The minimum Gasteiger partial charge on any atom is -0.364 e. The van der Waals surface area contributed by atoms with Gasteiger partial charge in [-0.25, -0.2) is 15.0 Å². The number of likely N-dealkylation sites (N-methyl/N-ethyl adjacent to an activating group) is 1. The van der Waals surface area contributed by atoms with Crippen molar-refractivity contribution in [2.75, 3.05) is 30.4 Å². The van der Waals surface area contributed by atoms with Crippen LogP contribution in [0.2, 0.25) is 0 Å². The molecule has 25 heavy (non-hydrogen) atoms. The first-order chi connectivity index (χ1) is 12.0. The van der Waals surface area contributed by atoms with Crippen molar-refractivity contribution < 1.29 is 4.79 Å². The number of pyridine rings is 1. The van der Waals surface area contributed by atoms with E-state index < -0.39 is 5.91 Å². The fourth-order valence-corrected chi connectivity index (χ4v) is 3.81. The maximum Gasteiger partial charge on any atom is 0.271 e. The number of rotatable bonds is 4. The Labute approximate surface area is 146 Å². The molecule has 1 amide bonds. The second-order valence-electron chi connectivity index (χ2n) is 6.74. The number of nitrogens with two attached hydrogens (primary N) is 1. The van der Waals surface area contributed by atoms with Crippen LogP contribution in [0.3, 0.4) is 0 Å². The fraction of sp³-hybridized carbons (Fsp3) is 0.412. The predicted octanol–water partition coefficient (Wildman–Crippen LogP) is 0.915. The summed E-state index contributed by atoms with van der Waals surface area (Å²) in [4.78, 5) is 29.1. The van der Waals surface area contributed by atoms with Crippen LogP contribution in [0.5, 0.6) is 0 Å².